The van der Waals surface area contributed by atoms with Crippen LogP contribution in [0.3, 0.4) is 0 Å². The molecule has 2 heterocycles. The molecule has 0 amide bonds. The fourth-order valence-corrected chi connectivity index (χ4v) is 3.56. The fourth-order valence-electron chi connectivity index (χ4n) is 3.56. The van der Waals surface area contributed by atoms with Crippen molar-refractivity contribution in [1.29, 1.82) is 0 Å². The molecular weight excluding hydrogens is 335 g/mol. The number of carbonyl (C=O) groups is 1. The second kappa shape index (κ2) is 6.96. The lowest BCUT2D eigenvalue weighted by Crippen LogP contribution is -2.43. The van der Waals surface area contributed by atoms with E-state index in [2.05, 4.69) is 16.3 Å². The number of methoxy groups -OCH3 is 1. The molecule has 0 aromatic heterocycles. The smallest absolute Gasteiger partial charge is 0.319 e. The van der Waals surface area contributed by atoms with Gasteiger partial charge in [-0.2, -0.15) is 0 Å². The molecule has 1 unspecified atom stereocenters. The van der Waals surface area contributed by atoms with Gasteiger partial charge in [0.1, 0.15) is 5.75 Å². The van der Waals surface area contributed by atoms with Gasteiger partial charge in [0.15, 0.2) is 11.6 Å². The van der Waals surface area contributed by atoms with Crippen molar-refractivity contribution in [3.8, 4) is 11.5 Å². The molecule has 1 N–H and O–H groups in total. The molecule has 26 heavy (non-hydrogen) atoms. The number of hydrogen-bond acceptors (Lipinski definition) is 5. The Balaban J connectivity index is 1.59. The van der Waals surface area contributed by atoms with Crippen molar-refractivity contribution in [1.82, 2.24) is 5.32 Å². The highest BCUT2D eigenvalue weighted by atomic mass is 19.1. The first-order valence-electron chi connectivity index (χ1n) is 8.79. The summed E-state index contributed by atoms with van der Waals surface area (Å²) in [6.45, 7) is 3.77. The number of ether oxygens (including phenoxy) is 2. The van der Waals surface area contributed by atoms with Gasteiger partial charge in [-0.05, 0) is 35.7 Å². The minimum Gasteiger partial charge on any atom is -0.494 e. The highest BCUT2D eigenvalue weighted by Crippen LogP contribution is 2.37. The lowest BCUT2D eigenvalue weighted by atomic mass is 9.89. The number of piperazine rings is 1. The van der Waals surface area contributed by atoms with Crippen molar-refractivity contribution in [2.24, 2.45) is 0 Å². The number of carbonyl (C=O) groups excluding carboxylic acids is 1. The third-order valence-electron chi connectivity index (χ3n) is 5.03. The number of fused-ring (bicyclic) bond motifs is 1. The van der Waals surface area contributed by atoms with Crippen LogP contribution in [0.25, 0.3) is 0 Å². The number of rotatable bonds is 3. The van der Waals surface area contributed by atoms with Gasteiger partial charge >= 0.3 is 5.97 Å². The van der Waals surface area contributed by atoms with E-state index >= 15 is 0 Å². The summed E-state index contributed by atoms with van der Waals surface area (Å²) in [7, 11) is 1.41. The number of nitrogens with one attached hydrogen (secondary N) is 1. The van der Waals surface area contributed by atoms with Crippen LogP contribution < -0.4 is 19.7 Å². The predicted octanol–water partition coefficient (Wildman–Crippen LogP) is 2.49. The molecule has 2 aromatic rings. The average Bonchev–Trinajstić information content (AvgIpc) is 2.68. The third kappa shape index (κ3) is 3.12. The predicted molar refractivity (Wildman–Crippen MR) is 96.6 cm³/mol. The van der Waals surface area contributed by atoms with Crippen LogP contribution >= 0.6 is 0 Å². The second-order valence-electron chi connectivity index (χ2n) is 6.60. The highest BCUT2D eigenvalue weighted by Gasteiger charge is 2.31. The Kier molecular flexibility index (Phi) is 4.51. The maximum Gasteiger partial charge on any atom is 0.319 e. The molecule has 2 aliphatic rings. The van der Waals surface area contributed by atoms with Gasteiger partial charge < -0.3 is 19.7 Å². The molecule has 1 saturated heterocycles. The summed E-state index contributed by atoms with van der Waals surface area (Å²) in [4.78, 5) is 14.8. The Morgan fingerprint density at radius 3 is 2.77 bits per heavy atom. The zero-order chi connectivity index (χ0) is 18.1. The largest absolute Gasteiger partial charge is 0.494 e. The first-order valence-corrected chi connectivity index (χ1v) is 8.79. The van der Waals surface area contributed by atoms with Crippen LogP contribution in [-0.4, -0.2) is 39.3 Å². The Labute approximate surface area is 151 Å². The van der Waals surface area contributed by atoms with Crippen LogP contribution in [-0.2, 0) is 11.2 Å². The maximum atomic E-state index is 13.6. The summed E-state index contributed by atoms with van der Waals surface area (Å²) in [5.74, 6) is -0.460. The number of anilines is 1. The van der Waals surface area contributed by atoms with Crippen molar-refractivity contribution in [3.05, 3.63) is 53.3 Å². The maximum absolute atomic E-state index is 13.6. The first-order chi connectivity index (χ1) is 12.7. The molecule has 0 spiro atoms. The summed E-state index contributed by atoms with van der Waals surface area (Å²) >= 11 is 0. The summed E-state index contributed by atoms with van der Waals surface area (Å²) in [6, 6.07) is 10.5. The van der Waals surface area contributed by atoms with E-state index < -0.39 is 11.7 Å². The highest BCUT2D eigenvalue weighted by molar-refractivity contribution is 5.83. The third-order valence-corrected chi connectivity index (χ3v) is 5.03. The molecule has 1 atom stereocenters. The summed E-state index contributed by atoms with van der Waals surface area (Å²) in [5, 5.41) is 3.33. The Hall–Kier alpha value is -2.60. The number of benzene rings is 2. The zero-order valence-electron chi connectivity index (χ0n) is 14.6. The van der Waals surface area contributed by atoms with Crippen molar-refractivity contribution < 1.29 is 18.7 Å². The van der Waals surface area contributed by atoms with Crippen molar-refractivity contribution in [2.45, 2.75) is 12.3 Å². The van der Waals surface area contributed by atoms with E-state index in [4.69, 9.17) is 9.47 Å². The molecule has 0 radical (unpaired) electrons. The normalized spacial score (nSPS) is 19.7. The minimum atomic E-state index is -0.456. The van der Waals surface area contributed by atoms with Gasteiger partial charge in [-0.15, -0.1) is 0 Å². The van der Waals surface area contributed by atoms with E-state index in [1.54, 1.807) is 12.1 Å². The quantitative estimate of drug-likeness (QED) is 0.676. The van der Waals surface area contributed by atoms with E-state index in [0.29, 0.717) is 17.7 Å². The summed E-state index contributed by atoms with van der Waals surface area (Å²) in [6.07, 6.45) is 0.533. The lowest BCUT2D eigenvalue weighted by Gasteiger charge is -2.31. The van der Waals surface area contributed by atoms with Crippen LogP contribution in [0, 0.1) is 5.82 Å². The number of hydrogen-bond donors (Lipinski definition) is 1. The molecule has 136 valence electrons. The van der Waals surface area contributed by atoms with Crippen LogP contribution in [0.1, 0.15) is 17.0 Å². The molecule has 1 fully saturated rings. The van der Waals surface area contributed by atoms with Gasteiger partial charge in [0.2, 0.25) is 0 Å². The monoisotopic (exact) mass is 356 g/mol. The molecule has 2 aliphatic heterocycles. The number of esters is 1. The molecule has 5 nitrogen and oxygen atoms in total. The minimum absolute atomic E-state index is 0.134. The summed E-state index contributed by atoms with van der Waals surface area (Å²) < 4.78 is 24.3. The van der Waals surface area contributed by atoms with E-state index in [1.807, 2.05) is 12.1 Å². The molecule has 0 bridgehead atoms. The van der Waals surface area contributed by atoms with Crippen LogP contribution in [0.4, 0.5) is 10.1 Å². The molecule has 2 aromatic carbocycles. The zero-order valence-corrected chi connectivity index (χ0v) is 14.6. The van der Waals surface area contributed by atoms with E-state index in [0.717, 1.165) is 37.4 Å². The Bertz CT molecular complexity index is 834. The van der Waals surface area contributed by atoms with Gasteiger partial charge in [0, 0.05) is 37.9 Å². The molecular formula is C20H21FN2O3. The fraction of sp³-hybridized carbons (Fsp3) is 0.350. The van der Waals surface area contributed by atoms with Crippen LogP contribution in [0.15, 0.2) is 36.4 Å². The van der Waals surface area contributed by atoms with Crippen molar-refractivity contribution in [3.63, 3.8) is 0 Å². The van der Waals surface area contributed by atoms with E-state index in [9.17, 15) is 9.18 Å². The van der Waals surface area contributed by atoms with Crippen LogP contribution in [0.5, 0.6) is 11.5 Å². The van der Waals surface area contributed by atoms with Crippen molar-refractivity contribution in [2.75, 3.05) is 38.2 Å². The SMILES string of the molecule is COc1cc(C2Cc3ccc(N4CCNCC4)cc3OC2=O)ccc1F. The standard InChI is InChI=1S/C20H21FN2O3/c1-25-19-11-13(3-5-17(19)21)16-10-14-2-4-15(12-18(14)26-20(16)24)23-8-6-22-7-9-23/h2-5,11-12,16,22H,6-10H2,1H3. The van der Waals surface area contributed by atoms with Gasteiger partial charge in [-0.25, -0.2) is 4.39 Å². The number of halogens is 1. The average molecular weight is 356 g/mol. The number of nitrogens with zero attached hydrogens (tertiary/aromatic N) is 1. The van der Waals surface area contributed by atoms with Gasteiger partial charge in [-0.3, -0.25) is 4.79 Å². The molecule has 0 aliphatic carbocycles. The molecule has 6 heteroatoms. The van der Waals surface area contributed by atoms with Gasteiger partial charge in [-0.1, -0.05) is 12.1 Å². The second-order valence-corrected chi connectivity index (χ2v) is 6.60. The Morgan fingerprint density at radius 2 is 2.00 bits per heavy atom. The first kappa shape index (κ1) is 16.8. The van der Waals surface area contributed by atoms with Crippen LogP contribution in [0.2, 0.25) is 0 Å². The van der Waals surface area contributed by atoms with Gasteiger partial charge in [0.25, 0.3) is 0 Å². The van der Waals surface area contributed by atoms with E-state index in [-0.39, 0.29) is 11.7 Å². The lowest BCUT2D eigenvalue weighted by molar-refractivity contribution is -0.137. The topological polar surface area (TPSA) is 50.8 Å². The Morgan fingerprint density at radius 1 is 1.19 bits per heavy atom. The van der Waals surface area contributed by atoms with Crippen molar-refractivity contribution >= 4 is 11.7 Å². The summed E-state index contributed by atoms with van der Waals surface area (Å²) in [5.41, 5.74) is 2.75. The molecule has 4 rings (SSSR count). The van der Waals surface area contributed by atoms with E-state index in [1.165, 1.54) is 13.2 Å². The van der Waals surface area contributed by atoms with Gasteiger partial charge in [0.05, 0.1) is 13.0 Å². The molecule has 0 saturated carbocycles.